The van der Waals surface area contributed by atoms with Crippen LogP contribution in [0.25, 0.3) is 0 Å². The van der Waals surface area contributed by atoms with Crippen LogP contribution in [0.4, 0.5) is 10.5 Å². The quantitative estimate of drug-likeness (QED) is 0.574. The maximum atomic E-state index is 11.9. The van der Waals surface area contributed by atoms with Crippen molar-refractivity contribution in [2.75, 3.05) is 4.90 Å². The number of hydrogen-bond acceptors (Lipinski definition) is 4. The van der Waals surface area contributed by atoms with Crippen LogP contribution in [0, 0.1) is 11.3 Å². The van der Waals surface area contributed by atoms with Crippen LogP contribution in [0.1, 0.15) is 0 Å². The number of barbiturate groups is 1. The molecule has 2 rings (SSSR count). The maximum Gasteiger partial charge on any atom is 0.335 e. The highest BCUT2D eigenvalue weighted by atomic mass is 16.2. The third-order valence-electron chi connectivity index (χ3n) is 2.38. The summed E-state index contributed by atoms with van der Waals surface area (Å²) in [6.07, 6.45) is 0.722. The number of nitrogens with one attached hydrogen (secondary N) is 2. The average molecular weight is 231 g/mol. The van der Waals surface area contributed by atoms with Crippen LogP contribution in [0.3, 0.4) is 0 Å². The third kappa shape index (κ3) is 1.80. The Morgan fingerprint density at radius 3 is 2.41 bits per heavy atom. The van der Waals surface area contributed by atoms with Crippen molar-refractivity contribution < 1.29 is 14.4 Å². The van der Waals surface area contributed by atoms with E-state index in [0.717, 1.165) is 11.1 Å². The molecule has 1 heterocycles. The van der Waals surface area contributed by atoms with Gasteiger partial charge in [0.2, 0.25) is 5.91 Å². The predicted molar refractivity (Wildman–Crippen MR) is 59.7 cm³/mol. The van der Waals surface area contributed by atoms with Gasteiger partial charge in [0, 0.05) is 6.21 Å². The molecule has 17 heavy (non-hydrogen) atoms. The van der Waals surface area contributed by atoms with E-state index in [1.807, 2.05) is 5.32 Å². The van der Waals surface area contributed by atoms with Gasteiger partial charge in [-0.25, -0.2) is 9.69 Å². The predicted octanol–water partition coefficient (Wildman–Crippen LogP) is 0.535. The molecule has 86 valence electrons. The molecule has 0 spiro atoms. The molecule has 1 fully saturated rings. The molecule has 1 aliphatic rings. The first kappa shape index (κ1) is 11.0. The van der Waals surface area contributed by atoms with Gasteiger partial charge >= 0.3 is 6.03 Å². The molecule has 6 heteroatoms. The number of hydrogen-bond donors (Lipinski definition) is 2. The Balaban J connectivity index is 2.40. The van der Waals surface area contributed by atoms with Crippen molar-refractivity contribution in [2.24, 2.45) is 5.92 Å². The Hall–Kier alpha value is -2.50. The van der Waals surface area contributed by atoms with E-state index in [1.54, 1.807) is 30.3 Å². The average Bonchev–Trinajstić information content (AvgIpc) is 2.30. The molecule has 0 aromatic heterocycles. The van der Waals surface area contributed by atoms with Crippen molar-refractivity contribution in [2.45, 2.75) is 0 Å². The molecule has 4 amide bonds. The molecule has 1 aromatic carbocycles. The molecule has 1 atom stereocenters. The zero-order valence-corrected chi connectivity index (χ0v) is 8.71. The van der Waals surface area contributed by atoms with Crippen LogP contribution in [-0.4, -0.2) is 24.1 Å². The topological polar surface area (TPSA) is 90.3 Å². The molecule has 2 N–H and O–H groups in total. The summed E-state index contributed by atoms with van der Waals surface area (Å²) in [6, 6.07) is 7.46. The molecular weight excluding hydrogens is 222 g/mol. The van der Waals surface area contributed by atoms with Crippen molar-refractivity contribution in [3.8, 4) is 0 Å². The molecule has 0 radical (unpaired) electrons. The minimum Gasteiger partial charge on any atom is -0.312 e. The summed E-state index contributed by atoms with van der Waals surface area (Å²) in [5, 5.41) is 9.07. The summed E-state index contributed by atoms with van der Waals surface area (Å²) < 4.78 is 0. The normalized spacial score (nSPS) is 20.1. The summed E-state index contributed by atoms with van der Waals surface area (Å²) in [5.41, 5.74) is 0.370. The second-order valence-electron chi connectivity index (χ2n) is 3.45. The number of anilines is 1. The van der Waals surface area contributed by atoms with Crippen molar-refractivity contribution in [1.82, 2.24) is 5.32 Å². The number of imide groups is 2. The molecule has 1 aliphatic heterocycles. The first-order valence-electron chi connectivity index (χ1n) is 4.89. The molecule has 1 aromatic rings. The molecule has 6 nitrogen and oxygen atoms in total. The zero-order valence-electron chi connectivity index (χ0n) is 8.71. The van der Waals surface area contributed by atoms with Crippen LogP contribution in [0.5, 0.6) is 0 Å². The minimum absolute atomic E-state index is 0.370. The maximum absolute atomic E-state index is 11.9. The van der Waals surface area contributed by atoms with Crippen molar-refractivity contribution in [3.63, 3.8) is 0 Å². The Morgan fingerprint density at radius 1 is 1.18 bits per heavy atom. The van der Waals surface area contributed by atoms with E-state index in [1.165, 1.54) is 0 Å². The van der Waals surface area contributed by atoms with Gasteiger partial charge in [-0.3, -0.25) is 14.9 Å². The number of carbonyl (C=O) groups excluding carboxylic acids is 3. The van der Waals surface area contributed by atoms with Gasteiger partial charge in [-0.2, -0.15) is 0 Å². The Bertz CT molecular complexity index is 498. The monoisotopic (exact) mass is 231 g/mol. The van der Waals surface area contributed by atoms with E-state index in [0.29, 0.717) is 5.69 Å². The van der Waals surface area contributed by atoms with Crippen LogP contribution in [0.15, 0.2) is 30.3 Å². The van der Waals surface area contributed by atoms with E-state index in [2.05, 4.69) is 0 Å². The number of rotatable bonds is 2. The second-order valence-corrected chi connectivity index (χ2v) is 3.45. The third-order valence-corrected chi connectivity index (χ3v) is 2.38. The van der Waals surface area contributed by atoms with E-state index in [4.69, 9.17) is 5.41 Å². The molecule has 1 saturated heterocycles. The Kier molecular flexibility index (Phi) is 2.70. The van der Waals surface area contributed by atoms with Gasteiger partial charge in [0.1, 0.15) is 0 Å². The second kappa shape index (κ2) is 4.17. The van der Waals surface area contributed by atoms with Gasteiger partial charge in [0.15, 0.2) is 5.92 Å². The van der Waals surface area contributed by atoms with Crippen LogP contribution in [-0.2, 0) is 9.59 Å². The number of carbonyl (C=O) groups is 3. The van der Waals surface area contributed by atoms with E-state index in [-0.39, 0.29) is 0 Å². The zero-order chi connectivity index (χ0) is 12.4. The number of para-hydroxylation sites is 1. The Labute approximate surface area is 96.7 Å². The molecule has 0 aliphatic carbocycles. The van der Waals surface area contributed by atoms with Gasteiger partial charge in [-0.15, -0.1) is 0 Å². The number of benzene rings is 1. The van der Waals surface area contributed by atoms with E-state index >= 15 is 0 Å². The van der Waals surface area contributed by atoms with Gasteiger partial charge < -0.3 is 5.41 Å². The van der Waals surface area contributed by atoms with Gasteiger partial charge in [-0.05, 0) is 12.1 Å². The molecule has 0 saturated carbocycles. The fourth-order valence-electron chi connectivity index (χ4n) is 1.56. The lowest BCUT2D eigenvalue weighted by Gasteiger charge is -2.28. The summed E-state index contributed by atoms with van der Waals surface area (Å²) in [7, 11) is 0. The van der Waals surface area contributed by atoms with Crippen LogP contribution < -0.4 is 10.2 Å². The highest BCUT2D eigenvalue weighted by Gasteiger charge is 2.39. The van der Waals surface area contributed by atoms with Gasteiger partial charge in [0.05, 0.1) is 5.69 Å². The summed E-state index contributed by atoms with van der Waals surface area (Å²) in [5.74, 6) is -2.71. The standard InChI is InChI=1S/C11H9N3O3/c12-6-8-9(15)13-11(17)14(10(8)16)7-4-2-1-3-5-7/h1-6,8,12H,(H,13,15,17). The molecule has 1 unspecified atom stereocenters. The largest absolute Gasteiger partial charge is 0.335 e. The fraction of sp³-hybridized carbons (Fsp3) is 0.0909. The lowest BCUT2D eigenvalue weighted by molar-refractivity contribution is -0.131. The highest BCUT2D eigenvalue weighted by molar-refractivity contribution is 6.32. The van der Waals surface area contributed by atoms with Crippen molar-refractivity contribution in [1.29, 1.82) is 5.41 Å². The SMILES string of the molecule is N=CC1C(=O)NC(=O)N(c2ccccc2)C1=O. The van der Waals surface area contributed by atoms with Gasteiger partial charge in [-0.1, -0.05) is 18.2 Å². The van der Waals surface area contributed by atoms with Crippen molar-refractivity contribution in [3.05, 3.63) is 30.3 Å². The highest BCUT2D eigenvalue weighted by Crippen LogP contribution is 2.19. The first-order valence-corrected chi connectivity index (χ1v) is 4.89. The number of urea groups is 1. The summed E-state index contributed by atoms with van der Waals surface area (Å²) in [4.78, 5) is 35.6. The summed E-state index contributed by atoms with van der Waals surface area (Å²) >= 11 is 0. The van der Waals surface area contributed by atoms with Gasteiger partial charge in [0.25, 0.3) is 5.91 Å². The van der Waals surface area contributed by atoms with Crippen LogP contribution >= 0.6 is 0 Å². The lowest BCUT2D eigenvalue weighted by atomic mass is 10.1. The van der Waals surface area contributed by atoms with E-state index in [9.17, 15) is 14.4 Å². The molecule has 0 bridgehead atoms. The Morgan fingerprint density at radius 2 is 1.82 bits per heavy atom. The summed E-state index contributed by atoms with van der Waals surface area (Å²) in [6.45, 7) is 0. The van der Waals surface area contributed by atoms with E-state index < -0.39 is 23.8 Å². The number of amides is 4. The van der Waals surface area contributed by atoms with Crippen LogP contribution in [0.2, 0.25) is 0 Å². The first-order chi connectivity index (χ1) is 8.15. The smallest absolute Gasteiger partial charge is 0.312 e. The lowest BCUT2D eigenvalue weighted by Crippen LogP contribution is -2.58. The number of nitrogens with zero attached hydrogens (tertiary/aromatic N) is 1. The minimum atomic E-state index is -1.24. The fourth-order valence-corrected chi connectivity index (χ4v) is 1.56. The van der Waals surface area contributed by atoms with Crippen molar-refractivity contribution >= 4 is 29.7 Å². The molecular formula is C11H9N3O3.